The Balaban J connectivity index is 0.000000146. The number of ether oxygens (including phenoxy) is 2. The number of amides is 1. The fourth-order valence-electron chi connectivity index (χ4n) is 9.87. The number of nitrogens with one attached hydrogen (secondary N) is 1. The van der Waals surface area contributed by atoms with Gasteiger partial charge in [-0.05, 0) is 109 Å². The second-order valence-electron chi connectivity index (χ2n) is 16.1. The molecule has 1 aromatic carbocycles. The fraction of sp³-hybridized carbons (Fsp3) is 0.400. The predicted molar refractivity (Wildman–Crippen MR) is 205 cm³/mol. The lowest BCUT2D eigenvalue weighted by Crippen LogP contribution is -2.31. The molecule has 6 fully saturated rings. The van der Waals surface area contributed by atoms with Gasteiger partial charge in [0.25, 0.3) is 15.9 Å². The maximum Gasteiger partial charge on any atom is 0.338 e. The molecule has 0 unspecified atom stereocenters. The Bertz CT molecular complexity index is 2530. The van der Waals surface area contributed by atoms with Crippen molar-refractivity contribution in [3.05, 3.63) is 101 Å². The van der Waals surface area contributed by atoms with Crippen molar-refractivity contribution in [2.45, 2.75) is 56.3 Å². The summed E-state index contributed by atoms with van der Waals surface area (Å²) in [6, 6.07) is 17.1. The Morgan fingerprint density at radius 3 is 1.53 bits per heavy atom. The zero-order valence-corrected chi connectivity index (χ0v) is 32.8. The third-order valence-corrected chi connectivity index (χ3v) is 15.4. The topological polar surface area (TPSA) is 180 Å². The molecule has 5 aromatic rings. The van der Waals surface area contributed by atoms with Crippen molar-refractivity contribution in [1.29, 1.82) is 0 Å². The lowest BCUT2D eigenvalue weighted by molar-refractivity contribution is 0.0696. The number of aromatic carboxylic acids is 1. The van der Waals surface area contributed by atoms with Crippen LogP contribution in [-0.4, -0.2) is 68.1 Å². The van der Waals surface area contributed by atoms with Crippen LogP contribution in [0.4, 0.5) is 0 Å². The molecule has 0 atom stereocenters. The monoisotopic (exact) mass is 829 g/mol. The number of nitrogens with zero attached hydrogens (tertiary/aromatic N) is 6. The molecule has 11 rings (SSSR count). The first-order valence-corrected chi connectivity index (χ1v) is 21.2. The molecular formula is C40H37Cl2N7O7S. The van der Waals surface area contributed by atoms with Gasteiger partial charge in [0.05, 0.1) is 29.2 Å². The molecule has 6 aliphatic carbocycles. The Morgan fingerprint density at radius 1 is 0.684 bits per heavy atom. The largest absolute Gasteiger partial charge is 0.478 e. The molecule has 14 nitrogen and oxygen atoms in total. The van der Waals surface area contributed by atoms with Gasteiger partial charge in [-0.2, -0.15) is 0 Å². The Hall–Kier alpha value is -4.99. The summed E-state index contributed by atoms with van der Waals surface area (Å²) in [4.78, 5) is 31.8. The smallest absolute Gasteiger partial charge is 0.338 e. The van der Waals surface area contributed by atoms with Crippen LogP contribution >= 0.6 is 23.2 Å². The summed E-state index contributed by atoms with van der Waals surface area (Å²) in [7, 11) is -4.02. The van der Waals surface area contributed by atoms with E-state index in [1.807, 2.05) is 4.72 Å². The third-order valence-electron chi connectivity index (χ3n) is 13.5. The quantitative estimate of drug-likeness (QED) is 0.126. The van der Waals surface area contributed by atoms with Crippen molar-refractivity contribution < 1.29 is 32.6 Å². The highest BCUT2D eigenvalue weighted by molar-refractivity contribution is 7.90. The minimum Gasteiger partial charge on any atom is -0.478 e. The molecule has 57 heavy (non-hydrogen) atoms. The maximum absolute atomic E-state index is 12.5. The summed E-state index contributed by atoms with van der Waals surface area (Å²) in [5, 5.41) is 17.6. The second kappa shape index (κ2) is 12.8. The molecule has 6 saturated carbocycles. The van der Waals surface area contributed by atoms with Crippen LogP contribution in [0.15, 0.2) is 84.0 Å². The highest BCUT2D eigenvalue weighted by Gasteiger charge is 2.87. The van der Waals surface area contributed by atoms with E-state index in [9.17, 15) is 18.0 Å². The summed E-state index contributed by atoms with van der Waals surface area (Å²) < 4.78 is 41.7. The lowest BCUT2D eigenvalue weighted by atomic mass is 10.3. The molecule has 17 heteroatoms. The van der Waals surface area contributed by atoms with Gasteiger partial charge in [-0.25, -0.2) is 37.3 Å². The van der Waals surface area contributed by atoms with E-state index in [2.05, 4.69) is 20.2 Å². The van der Waals surface area contributed by atoms with E-state index in [-0.39, 0.29) is 26.3 Å². The molecule has 4 heterocycles. The van der Waals surface area contributed by atoms with Crippen LogP contribution in [0.1, 0.15) is 72.1 Å². The average Bonchev–Trinajstić information content (AvgIpc) is 3.90. The van der Waals surface area contributed by atoms with E-state index in [1.54, 1.807) is 59.5 Å². The van der Waals surface area contributed by atoms with E-state index >= 15 is 0 Å². The van der Waals surface area contributed by atoms with Crippen molar-refractivity contribution in [3.63, 3.8) is 0 Å². The van der Waals surface area contributed by atoms with Crippen LogP contribution in [0.2, 0.25) is 10.3 Å². The van der Waals surface area contributed by atoms with Crippen LogP contribution < -0.4 is 14.2 Å². The molecule has 4 aromatic heterocycles. The molecule has 294 valence electrons. The van der Waals surface area contributed by atoms with Gasteiger partial charge in [-0.15, -0.1) is 10.2 Å². The van der Waals surface area contributed by atoms with Crippen molar-refractivity contribution in [2.24, 2.45) is 33.5 Å². The van der Waals surface area contributed by atoms with Crippen LogP contribution in [0.5, 0.6) is 11.8 Å². The minimum atomic E-state index is -4.02. The molecule has 2 N–H and O–H groups in total. The SMILES string of the molecule is O=C(NS(=O)(=O)c1ccccc1)c1ccc(-n2ccc(OCC3C4(CC4)C34CC4)n2)nc1Cl.O=C(O)c1ccc(-n2ccc(OCC3C4(CC4)C34CC4)n2)nc1Cl. The Morgan fingerprint density at radius 2 is 1.12 bits per heavy atom. The number of fused-ring (bicyclic) bond motifs is 2. The maximum atomic E-state index is 12.5. The molecule has 0 bridgehead atoms. The molecule has 1 amide bonds. The number of halogens is 2. The van der Waals surface area contributed by atoms with Gasteiger partial charge in [-0.1, -0.05) is 41.4 Å². The number of pyridine rings is 2. The molecule has 0 aliphatic heterocycles. The van der Waals surface area contributed by atoms with Gasteiger partial charge < -0.3 is 14.6 Å². The predicted octanol–water partition coefficient (Wildman–Crippen LogP) is 6.80. The second-order valence-corrected chi connectivity index (χ2v) is 18.5. The van der Waals surface area contributed by atoms with E-state index in [1.165, 1.54) is 80.3 Å². The number of benzene rings is 1. The first-order chi connectivity index (χ1) is 27.4. The van der Waals surface area contributed by atoms with Gasteiger partial charge >= 0.3 is 5.97 Å². The standard InChI is InChI=1S/C23H21ClN4O4S.C17H16ClN3O3/c24-20-16(21(29)27-33(30,31)15-4-2-1-3-5-15)6-7-18(25-20)28-13-8-19(26-28)32-14-17-22(9-10-22)23(17)11-12-23;18-14-10(15(22)23)1-2-12(19-14)21-8-3-13(20-21)24-9-11-16(4-5-16)17(11)6-7-17/h1-8,13,17H,9-12,14H2,(H,27,29);1-3,8,11H,4-7,9H2,(H,22,23). The number of hydrogen-bond donors (Lipinski definition) is 2. The van der Waals surface area contributed by atoms with Crippen LogP contribution in [0.25, 0.3) is 11.6 Å². The van der Waals surface area contributed by atoms with Gasteiger partial charge in [0.15, 0.2) is 11.6 Å². The summed E-state index contributed by atoms with van der Waals surface area (Å²) in [5.74, 6) is 1.33. The third kappa shape index (κ3) is 6.08. The van der Waals surface area contributed by atoms with Crippen molar-refractivity contribution in [3.8, 4) is 23.4 Å². The summed E-state index contributed by atoms with van der Waals surface area (Å²) in [6.45, 7) is 1.43. The molecule has 0 saturated heterocycles. The van der Waals surface area contributed by atoms with Gasteiger partial charge in [0.1, 0.15) is 10.3 Å². The summed E-state index contributed by atoms with van der Waals surface area (Å²) in [6.07, 6.45) is 14.3. The minimum absolute atomic E-state index is 0.0190. The highest BCUT2D eigenvalue weighted by atomic mass is 35.5. The van der Waals surface area contributed by atoms with Gasteiger partial charge in [0, 0.05) is 36.4 Å². The van der Waals surface area contributed by atoms with Gasteiger partial charge in [0.2, 0.25) is 11.8 Å². The number of carbonyl (C=O) groups excluding carboxylic acids is 1. The van der Waals surface area contributed by atoms with Crippen LogP contribution in [0.3, 0.4) is 0 Å². The Labute approximate surface area is 337 Å². The van der Waals surface area contributed by atoms with Gasteiger partial charge in [-0.3, -0.25) is 4.79 Å². The first kappa shape index (κ1) is 36.4. The zero-order chi connectivity index (χ0) is 39.4. The normalized spacial score (nSPS) is 20.5. The van der Waals surface area contributed by atoms with E-state index in [4.69, 9.17) is 37.8 Å². The number of sulfonamides is 1. The number of aromatic nitrogens is 6. The van der Waals surface area contributed by atoms with E-state index in [0.29, 0.717) is 63.5 Å². The van der Waals surface area contributed by atoms with E-state index < -0.39 is 21.9 Å². The molecular weight excluding hydrogens is 793 g/mol. The van der Waals surface area contributed by atoms with Crippen molar-refractivity contribution in [2.75, 3.05) is 13.2 Å². The summed E-state index contributed by atoms with van der Waals surface area (Å²) >= 11 is 12.1. The average molecular weight is 831 g/mol. The molecule has 6 aliphatic rings. The number of carboxylic acids is 1. The number of carbonyl (C=O) groups is 2. The highest BCUT2D eigenvalue weighted by Crippen LogP contribution is 2.93. The number of rotatable bonds is 12. The zero-order valence-electron chi connectivity index (χ0n) is 30.5. The Kier molecular flexibility index (Phi) is 8.14. The fourth-order valence-corrected chi connectivity index (χ4v) is 11.3. The molecule has 0 radical (unpaired) electrons. The van der Waals surface area contributed by atoms with Crippen molar-refractivity contribution >= 4 is 45.1 Å². The van der Waals surface area contributed by atoms with E-state index in [0.717, 1.165) is 6.61 Å². The van der Waals surface area contributed by atoms with Crippen LogP contribution in [-0.2, 0) is 10.0 Å². The number of carboxylic acid groups (broad SMARTS) is 1. The van der Waals surface area contributed by atoms with Crippen LogP contribution in [0, 0.1) is 33.5 Å². The van der Waals surface area contributed by atoms with Crippen molar-refractivity contribution in [1.82, 2.24) is 34.3 Å². The summed E-state index contributed by atoms with van der Waals surface area (Å²) in [5.41, 5.74) is 2.32. The number of hydrogen-bond acceptors (Lipinski definition) is 10. The molecule has 4 spiro atoms. The lowest BCUT2D eigenvalue weighted by Gasteiger charge is -2.09. The first-order valence-electron chi connectivity index (χ1n) is 19.0.